The molecule has 3 rings (SSSR count). The van der Waals surface area contributed by atoms with E-state index in [1.807, 2.05) is 24.3 Å². The fourth-order valence-corrected chi connectivity index (χ4v) is 3.46. The molecule has 158 valence electrons. The van der Waals surface area contributed by atoms with E-state index in [4.69, 9.17) is 4.74 Å². The Morgan fingerprint density at radius 1 is 1.23 bits per heavy atom. The van der Waals surface area contributed by atoms with Crippen molar-refractivity contribution in [3.8, 4) is 5.75 Å². The van der Waals surface area contributed by atoms with Crippen molar-refractivity contribution in [2.75, 3.05) is 20.7 Å². The fraction of sp³-hybridized carbons (Fsp3) is 0.348. The van der Waals surface area contributed by atoms with Crippen molar-refractivity contribution >= 4 is 17.5 Å². The van der Waals surface area contributed by atoms with Crippen LogP contribution in [-0.2, 0) is 9.59 Å². The summed E-state index contributed by atoms with van der Waals surface area (Å²) in [5, 5.41) is 5.99. The van der Waals surface area contributed by atoms with E-state index in [0.29, 0.717) is 12.2 Å². The molecule has 0 fully saturated rings. The second-order valence-electron chi connectivity index (χ2n) is 7.64. The van der Waals surface area contributed by atoms with E-state index < -0.39 is 0 Å². The third-order valence-corrected chi connectivity index (χ3v) is 5.07. The van der Waals surface area contributed by atoms with Gasteiger partial charge in [0.25, 0.3) is 5.91 Å². The highest BCUT2D eigenvalue weighted by molar-refractivity contribution is 6.03. The van der Waals surface area contributed by atoms with Gasteiger partial charge < -0.3 is 9.64 Å². The number of carbonyl (C=O) groups excluding carboxylic acids is 2. The van der Waals surface area contributed by atoms with Crippen molar-refractivity contribution < 1.29 is 18.7 Å². The van der Waals surface area contributed by atoms with Gasteiger partial charge in [0.15, 0.2) is 0 Å². The molecule has 30 heavy (non-hydrogen) atoms. The number of methoxy groups -OCH3 is 1. The van der Waals surface area contributed by atoms with Crippen molar-refractivity contribution in [1.29, 1.82) is 0 Å². The van der Waals surface area contributed by atoms with Gasteiger partial charge in [-0.15, -0.1) is 0 Å². The molecule has 0 radical (unpaired) electrons. The van der Waals surface area contributed by atoms with Crippen LogP contribution in [0.1, 0.15) is 37.4 Å². The van der Waals surface area contributed by atoms with Crippen LogP contribution < -0.4 is 4.74 Å². The van der Waals surface area contributed by atoms with Gasteiger partial charge in [-0.3, -0.25) is 9.59 Å². The van der Waals surface area contributed by atoms with Gasteiger partial charge in [0.2, 0.25) is 5.91 Å². The van der Waals surface area contributed by atoms with Gasteiger partial charge in [0, 0.05) is 24.9 Å². The number of hydrazone groups is 1. The summed E-state index contributed by atoms with van der Waals surface area (Å²) in [4.78, 5) is 26.7. The highest BCUT2D eigenvalue weighted by Crippen LogP contribution is 2.33. The van der Waals surface area contributed by atoms with E-state index in [0.717, 1.165) is 16.8 Å². The highest BCUT2D eigenvalue weighted by Gasteiger charge is 2.34. The fourth-order valence-electron chi connectivity index (χ4n) is 3.46. The Morgan fingerprint density at radius 3 is 2.57 bits per heavy atom. The molecular formula is C23H26FN3O3. The summed E-state index contributed by atoms with van der Waals surface area (Å²) in [6.45, 7) is 3.50. The summed E-state index contributed by atoms with van der Waals surface area (Å²) in [5.41, 5.74) is 2.36. The maximum atomic E-state index is 13.4. The molecule has 2 aromatic carbocycles. The molecule has 6 nitrogen and oxygen atoms in total. The van der Waals surface area contributed by atoms with E-state index in [-0.39, 0.29) is 36.1 Å². The first-order valence-corrected chi connectivity index (χ1v) is 9.84. The molecule has 2 aromatic rings. The van der Waals surface area contributed by atoms with Gasteiger partial charge in [-0.05, 0) is 29.8 Å². The summed E-state index contributed by atoms with van der Waals surface area (Å²) in [6, 6.07) is 13.2. The molecule has 1 aliphatic heterocycles. The number of halogens is 1. The topological polar surface area (TPSA) is 62.2 Å². The number of amides is 2. The Kier molecular flexibility index (Phi) is 6.50. The molecular weight excluding hydrogens is 385 g/mol. The molecule has 0 saturated carbocycles. The van der Waals surface area contributed by atoms with E-state index in [9.17, 15) is 14.0 Å². The van der Waals surface area contributed by atoms with Gasteiger partial charge in [0.1, 0.15) is 18.1 Å². The summed E-state index contributed by atoms with van der Waals surface area (Å²) in [6.07, 6.45) is 0.479. The molecule has 0 N–H and O–H groups in total. The predicted octanol–water partition coefficient (Wildman–Crippen LogP) is 3.63. The Labute approximate surface area is 175 Å². The number of hydrogen-bond acceptors (Lipinski definition) is 4. The lowest BCUT2D eigenvalue weighted by molar-refractivity contribution is -0.142. The quantitative estimate of drug-likeness (QED) is 0.729. The molecule has 7 heteroatoms. The number of nitrogens with zero attached hydrogens (tertiary/aromatic N) is 3. The molecule has 2 amide bonds. The number of likely N-dealkylation sites (N-methyl/N-ethyl adjacent to an activating group) is 1. The zero-order valence-corrected chi connectivity index (χ0v) is 17.6. The van der Waals surface area contributed by atoms with Crippen LogP contribution in [0.15, 0.2) is 53.6 Å². The predicted molar refractivity (Wildman–Crippen MR) is 113 cm³/mol. The minimum Gasteiger partial charge on any atom is -0.497 e. The Morgan fingerprint density at radius 2 is 1.93 bits per heavy atom. The Hall–Kier alpha value is -3.22. The van der Waals surface area contributed by atoms with Crippen LogP contribution >= 0.6 is 0 Å². The smallest absolute Gasteiger partial charge is 0.262 e. The van der Waals surface area contributed by atoms with E-state index in [1.54, 1.807) is 40.1 Å². The lowest BCUT2D eigenvalue weighted by Gasteiger charge is -2.25. The third kappa shape index (κ3) is 4.67. The van der Waals surface area contributed by atoms with Gasteiger partial charge in [-0.25, -0.2) is 9.40 Å². The molecule has 0 aromatic heterocycles. The van der Waals surface area contributed by atoms with Crippen LogP contribution in [0.4, 0.5) is 4.39 Å². The third-order valence-electron chi connectivity index (χ3n) is 5.07. The van der Waals surface area contributed by atoms with Crippen LogP contribution in [-0.4, -0.2) is 48.1 Å². The molecule has 1 aliphatic rings. The number of benzene rings is 2. The second-order valence-corrected chi connectivity index (χ2v) is 7.64. The molecule has 1 atom stereocenters. The largest absolute Gasteiger partial charge is 0.497 e. The lowest BCUT2D eigenvalue weighted by Crippen LogP contribution is -2.40. The monoisotopic (exact) mass is 411 g/mol. The zero-order chi connectivity index (χ0) is 21.8. The molecule has 0 unspecified atom stereocenters. The van der Waals surface area contributed by atoms with Crippen molar-refractivity contribution in [2.45, 2.75) is 26.3 Å². The van der Waals surface area contributed by atoms with Gasteiger partial charge >= 0.3 is 0 Å². The first-order valence-electron chi connectivity index (χ1n) is 9.84. The number of ether oxygens (including phenoxy) is 1. The summed E-state index contributed by atoms with van der Waals surface area (Å²) >= 11 is 0. The van der Waals surface area contributed by atoms with Crippen LogP contribution in [0.3, 0.4) is 0 Å². The maximum Gasteiger partial charge on any atom is 0.262 e. The van der Waals surface area contributed by atoms with E-state index in [2.05, 4.69) is 5.10 Å². The SMILES string of the molecule is COc1cccc(C2=NN(C(=O)CN(C)C(=O)C(C)C)[C@H](c3ccc(F)cc3)C2)c1. The zero-order valence-electron chi connectivity index (χ0n) is 17.6. The number of carbonyl (C=O) groups is 2. The minimum absolute atomic E-state index is 0.0798. The van der Waals surface area contributed by atoms with Crippen molar-refractivity contribution in [3.63, 3.8) is 0 Å². The lowest BCUT2D eigenvalue weighted by atomic mass is 9.98. The normalized spacial score (nSPS) is 15.9. The average molecular weight is 411 g/mol. The summed E-state index contributed by atoms with van der Waals surface area (Å²) in [7, 11) is 3.20. The van der Waals surface area contributed by atoms with Gasteiger partial charge in [0.05, 0.1) is 18.9 Å². The van der Waals surface area contributed by atoms with E-state index >= 15 is 0 Å². The maximum absolute atomic E-state index is 13.4. The Bertz CT molecular complexity index is 956. The van der Waals surface area contributed by atoms with Crippen molar-refractivity contribution in [3.05, 3.63) is 65.5 Å². The standard InChI is InChI=1S/C23H26FN3O3/c1-15(2)23(29)26(3)14-22(28)27-21(16-8-10-18(24)11-9-16)13-20(25-27)17-6-5-7-19(12-17)30-4/h5-12,15,21H,13-14H2,1-4H3/t21-/m0/s1. The number of hydrogen-bond donors (Lipinski definition) is 0. The molecule has 0 saturated heterocycles. The highest BCUT2D eigenvalue weighted by atomic mass is 19.1. The number of rotatable bonds is 6. The molecule has 1 heterocycles. The summed E-state index contributed by atoms with van der Waals surface area (Å²) < 4.78 is 18.7. The van der Waals surface area contributed by atoms with Gasteiger partial charge in [-0.2, -0.15) is 5.10 Å². The van der Waals surface area contributed by atoms with Crippen LogP contribution in [0.25, 0.3) is 0 Å². The van der Waals surface area contributed by atoms with Crippen molar-refractivity contribution in [2.24, 2.45) is 11.0 Å². The van der Waals surface area contributed by atoms with Crippen LogP contribution in [0.2, 0.25) is 0 Å². The summed E-state index contributed by atoms with van der Waals surface area (Å²) in [5.74, 6) is -0.256. The van der Waals surface area contributed by atoms with Crippen LogP contribution in [0.5, 0.6) is 5.75 Å². The second kappa shape index (κ2) is 9.07. The minimum atomic E-state index is -0.373. The van der Waals surface area contributed by atoms with Crippen molar-refractivity contribution in [1.82, 2.24) is 9.91 Å². The van der Waals surface area contributed by atoms with Gasteiger partial charge in [-0.1, -0.05) is 38.1 Å². The first-order chi connectivity index (χ1) is 14.3. The van der Waals surface area contributed by atoms with E-state index in [1.165, 1.54) is 22.0 Å². The first kappa shape index (κ1) is 21.5. The molecule has 0 bridgehead atoms. The van der Waals surface area contributed by atoms with Crippen LogP contribution in [0, 0.1) is 11.7 Å². The molecule has 0 spiro atoms. The Balaban J connectivity index is 1.91. The average Bonchev–Trinajstić information content (AvgIpc) is 3.19. The molecule has 0 aliphatic carbocycles.